The molecule has 0 bridgehead atoms. The molecule has 152 valence electrons. The summed E-state index contributed by atoms with van der Waals surface area (Å²) < 4.78 is 5.77. The largest absolute Gasteiger partial charge is 0.492 e. The van der Waals surface area contributed by atoms with Crippen molar-refractivity contribution in [1.82, 2.24) is 9.80 Å². The topological polar surface area (TPSA) is 53.1 Å². The van der Waals surface area contributed by atoms with Gasteiger partial charge in [0.1, 0.15) is 12.4 Å². The summed E-state index contributed by atoms with van der Waals surface area (Å²) in [6.07, 6.45) is 1.47. The van der Waals surface area contributed by atoms with Crippen molar-refractivity contribution in [2.45, 2.75) is 12.8 Å². The summed E-state index contributed by atoms with van der Waals surface area (Å²) >= 11 is 0. The fourth-order valence-corrected chi connectivity index (χ4v) is 3.89. The molecule has 2 aromatic rings. The van der Waals surface area contributed by atoms with Crippen LogP contribution in [0.25, 0.3) is 0 Å². The number of carbonyl (C=O) groups excluding carboxylic acids is 2. The molecule has 2 saturated heterocycles. The van der Waals surface area contributed by atoms with Gasteiger partial charge in [-0.2, -0.15) is 0 Å². The first kappa shape index (κ1) is 19.5. The summed E-state index contributed by atoms with van der Waals surface area (Å²) in [6, 6.07) is 17.3. The Kier molecular flexibility index (Phi) is 6.10. The minimum Gasteiger partial charge on any atom is -0.492 e. The summed E-state index contributed by atoms with van der Waals surface area (Å²) in [7, 11) is 0. The van der Waals surface area contributed by atoms with Crippen molar-refractivity contribution in [3.8, 4) is 5.75 Å². The number of piperazine rings is 1. The lowest BCUT2D eigenvalue weighted by Gasteiger charge is -2.34. The molecule has 2 aliphatic rings. The van der Waals surface area contributed by atoms with E-state index in [1.165, 1.54) is 0 Å². The van der Waals surface area contributed by atoms with Gasteiger partial charge in [-0.05, 0) is 36.8 Å². The number of para-hydroxylation sites is 1. The standard InChI is InChI=1S/C23H27N3O3/c27-22-10-5-11-26(22)20-7-4-6-19(18-20)23(28)25-14-12-24(13-15-25)16-17-29-21-8-2-1-3-9-21/h1-4,6-9,18H,5,10-17H2. The summed E-state index contributed by atoms with van der Waals surface area (Å²) in [5.74, 6) is 1.07. The minimum atomic E-state index is 0.0404. The molecule has 6 nitrogen and oxygen atoms in total. The Morgan fingerprint density at radius 3 is 2.45 bits per heavy atom. The van der Waals surface area contributed by atoms with Gasteiger partial charge in [-0.15, -0.1) is 0 Å². The summed E-state index contributed by atoms with van der Waals surface area (Å²) in [6.45, 7) is 5.32. The number of ether oxygens (including phenoxy) is 1. The fraction of sp³-hybridized carbons (Fsp3) is 0.391. The first-order valence-electron chi connectivity index (χ1n) is 10.3. The zero-order valence-electron chi connectivity index (χ0n) is 16.6. The van der Waals surface area contributed by atoms with Crippen LogP contribution in [0, 0.1) is 0 Å². The number of carbonyl (C=O) groups is 2. The van der Waals surface area contributed by atoms with Crippen LogP contribution in [0.5, 0.6) is 5.75 Å². The molecule has 0 aromatic heterocycles. The van der Waals surface area contributed by atoms with E-state index in [4.69, 9.17) is 4.74 Å². The molecule has 0 unspecified atom stereocenters. The van der Waals surface area contributed by atoms with Crippen LogP contribution in [0.15, 0.2) is 54.6 Å². The normalized spacial score (nSPS) is 17.6. The lowest BCUT2D eigenvalue weighted by molar-refractivity contribution is -0.117. The molecule has 0 atom stereocenters. The molecular weight excluding hydrogens is 366 g/mol. The number of anilines is 1. The maximum Gasteiger partial charge on any atom is 0.254 e. The van der Waals surface area contributed by atoms with Gasteiger partial charge in [0.15, 0.2) is 0 Å². The predicted octanol–water partition coefficient (Wildman–Crippen LogP) is 2.65. The van der Waals surface area contributed by atoms with E-state index in [1.807, 2.05) is 59.5 Å². The molecule has 6 heteroatoms. The Hall–Kier alpha value is -2.86. The van der Waals surface area contributed by atoms with E-state index in [0.717, 1.165) is 44.0 Å². The third-order valence-corrected chi connectivity index (χ3v) is 5.56. The number of amides is 2. The molecular formula is C23H27N3O3. The molecule has 2 aliphatic heterocycles. The highest BCUT2D eigenvalue weighted by Gasteiger charge is 2.25. The summed E-state index contributed by atoms with van der Waals surface area (Å²) in [5.41, 5.74) is 1.48. The predicted molar refractivity (Wildman–Crippen MR) is 112 cm³/mol. The van der Waals surface area contributed by atoms with Crippen LogP contribution < -0.4 is 9.64 Å². The Balaban J connectivity index is 1.27. The SMILES string of the molecule is O=C(c1cccc(N2CCCC2=O)c1)N1CCN(CCOc2ccccc2)CC1. The second-order valence-electron chi connectivity index (χ2n) is 7.49. The zero-order chi connectivity index (χ0) is 20.1. The van der Waals surface area contributed by atoms with E-state index in [0.29, 0.717) is 31.7 Å². The van der Waals surface area contributed by atoms with Gasteiger partial charge in [0.25, 0.3) is 5.91 Å². The van der Waals surface area contributed by atoms with Gasteiger partial charge in [-0.1, -0.05) is 24.3 Å². The van der Waals surface area contributed by atoms with Crippen molar-refractivity contribution in [2.75, 3.05) is 50.8 Å². The smallest absolute Gasteiger partial charge is 0.254 e. The van der Waals surface area contributed by atoms with Gasteiger partial charge in [-0.3, -0.25) is 14.5 Å². The van der Waals surface area contributed by atoms with Crippen LogP contribution in [0.3, 0.4) is 0 Å². The molecule has 2 aromatic carbocycles. The van der Waals surface area contributed by atoms with Crippen molar-refractivity contribution < 1.29 is 14.3 Å². The molecule has 0 radical (unpaired) electrons. The first-order valence-corrected chi connectivity index (χ1v) is 10.3. The van der Waals surface area contributed by atoms with E-state index in [2.05, 4.69) is 4.90 Å². The quantitative estimate of drug-likeness (QED) is 0.757. The van der Waals surface area contributed by atoms with Gasteiger partial charge in [0.2, 0.25) is 5.91 Å². The second kappa shape index (κ2) is 9.09. The first-order chi connectivity index (χ1) is 14.2. The van der Waals surface area contributed by atoms with Gasteiger partial charge in [0.05, 0.1) is 0 Å². The fourth-order valence-electron chi connectivity index (χ4n) is 3.89. The molecule has 2 heterocycles. The van der Waals surface area contributed by atoms with E-state index in [1.54, 1.807) is 4.90 Å². The van der Waals surface area contributed by atoms with Crippen LogP contribution in [-0.2, 0) is 4.79 Å². The molecule has 0 spiro atoms. The van der Waals surface area contributed by atoms with Crippen molar-refractivity contribution in [2.24, 2.45) is 0 Å². The summed E-state index contributed by atoms with van der Waals surface area (Å²) in [4.78, 5) is 30.9. The monoisotopic (exact) mass is 393 g/mol. The van der Waals surface area contributed by atoms with E-state index < -0.39 is 0 Å². The number of hydrogen-bond acceptors (Lipinski definition) is 4. The highest BCUT2D eigenvalue weighted by molar-refractivity contribution is 5.99. The highest BCUT2D eigenvalue weighted by atomic mass is 16.5. The maximum atomic E-state index is 12.9. The Morgan fingerprint density at radius 1 is 0.931 bits per heavy atom. The van der Waals surface area contributed by atoms with Crippen molar-refractivity contribution in [3.05, 3.63) is 60.2 Å². The van der Waals surface area contributed by atoms with Gasteiger partial charge in [-0.25, -0.2) is 0 Å². The van der Waals surface area contributed by atoms with Crippen molar-refractivity contribution >= 4 is 17.5 Å². The Labute approximate surface area is 171 Å². The molecule has 0 saturated carbocycles. The third kappa shape index (κ3) is 4.77. The summed E-state index contributed by atoms with van der Waals surface area (Å²) in [5, 5.41) is 0. The lowest BCUT2D eigenvalue weighted by atomic mass is 10.1. The van der Waals surface area contributed by atoms with E-state index in [-0.39, 0.29) is 11.8 Å². The molecule has 2 fully saturated rings. The maximum absolute atomic E-state index is 12.9. The van der Waals surface area contributed by atoms with E-state index >= 15 is 0 Å². The van der Waals surface area contributed by atoms with E-state index in [9.17, 15) is 9.59 Å². The lowest BCUT2D eigenvalue weighted by Crippen LogP contribution is -2.49. The average molecular weight is 393 g/mol. The number of rotatable bonds is 6. The Bertz CT molecular complexity index is 847. The van der Waals surface area contributed by atoms with Crippen LogP contribution in [0.4, 0.5) is 5.69 Å². The third-order valence-electron chi connectivity index (χ3n) is 5.56. The van der Waals surface area contributed by atoms with Gasteiger partial charge in [0, 0.05) is 56.9 Å². The van der Waals surface area contributed by atoms with Gasteiger partial charge < -0.3 is 14.5 Å². The van der Waals surface area contributed by atoms with Crippen LogP contribution >= 0.6 is 0 Å². The number of benzene rings is 2. The number of nitrogens with zero attached hydrogens (tertiary/aromatic N) is 3. The van der Waals surface area contributed by atoms with Crippen LogP contribution in [-0.4, -0.2) is 67.5 Å². The Morgan fingerprint density at radius 2 is 1.72 bits per heavy atom. The molecule has 29 heavy (non-hydrogen) atoms. The molecule has 0 aliphatic carbocycles. The molecule has 4 rings (SSSR count). The zero-order valence-corrected chi connectivity index (χ0v) is 16.6. The minimum absolute atomic E-state index is 0.0404. The van der Waals surface area contributed by atoms with Crippen molar-refractivity contribution in [3.63, 3.8) is 0 Å². The van der Waals surface area contributed by atoms with Crippen LogP contribution in [0.1, 0.15) is 23.2 Å². The average Bonchev–Trinajstić information content (AvgIpc) is 3.20. The van der Waals surface area contributed by atoms with Crippen molar-refractivity contribution in [1.29, 1.82) is 0 Å². The highest BCUT2D eigenvalue weighted by Crippen LogP contribution is 2.23. The van der Waals surface area contributed by atoms with Gasteiger partial charge >= 0.3 is 0 Å². The molecule has 2 amide bonds. The molecule has 0 N–H and O–H groups in total. The second-order valence-corrected chi connectivity index (χ2v) is 7.49. The van der Waals surface area contributed by atoms with Crippen LogP contribution in [0.2, 0.25) is 0 Å². The number of hydrogen-bond donors (Lipinski definition) is 0.